The van der Waals surface area contributed by atoms with E-state index in [1.807, 2.05) is 0 Å². The molecule has 0 saturated heterocycles. The molecule has 0 fully saturated rings. The average Bonchev–Trinajstić information content (AvgIpc) is 2.73. The maximum atomic E-state index is 15.4. The summed E-state index contributed by atoms with van der Waals surface area (Å²) in [6.07, 6.45) is 2.71. The number of nitrogens with two attached hydrogens (primary N) is 2. The molecule has 0 aliphatic rings. The Hall–Kier alpha value is -3.60. The molecule has 0 bridgehead atoms. The van der Waals surface area contributed by atoms with Gasteiger partial charge >= 0.3 is 0 Å². The van der Waals surface area contributed by atoms with Crippen molar-refractivity contribution >= 4 is 6.34 Å². The highest BCUT2D eigenvalue weighted by molar-refractivity contribution is 5.57. The third-order valence-corrected chi connectivity index (χ3v) is 4.49. The first-order chi connectivity index (χ1) is 14.7. The van der Waals surface area contributed by atoms with E-state index in [-0.39, 0.29) is 5.69 Å². The molecule has 1 aromatic heterocycles. The molecule has 3 aromatic rings. The number of rotatable bonds is 7. The van der Waals surface area contributed by atoms with Crippen LogP contribution < -0.4 is 11.6 Å². The molecule has 1 unspecified atom stereocenters. The van der Waals surface area contributed by atoms with Gasteiger partial charge in [-0.15, -0.1) is 0 Å². The molecule has 0 aliphatic carbocycles. The molecule has 1 atom stereocenters. The van der Waals surface area contributed by atoms with Gasteiger partial charge in [0, 0.05) is 11.6 Å². The lowest BCUT2D eigenvalue weighted by Gasteiger charge is -2.29. The minimum absolute atomic E-state index is 0.234. The Labute approximate surface area is 174 Å². The van der Waals surface area contributed by atoms with Gasteiger partial charge in [0.2, 0.25) is 0 Å². The van der Waals surface area contributed by atoms with Crippen molar-refractivity contribution in [1.82, 2.24) is 15.1 Å². The van der Waals surface area contributed by atoms with Crippen LogP contribution in [0.3, 0.4) is 0 Å². The van der Waals surface area contributed by atoms with Crippen molar-refractivity contribution in [2.24, 2.45) is 16.7 Å². The van der Waals surface area contributed by atoms with Crippen molar-refractivity contribution in [3.05, 3.63) is 83.6 Å². The van der Waals surface area contributed by atoms with Gasteiger partial charge in [-0.25, -0.2) is 24.1 Å². The number of hydrogen-bond donors (Lipinski definition) is 2. The van der Waals surface area contributed by atoms with Crippen LogP contribution in [0.4, 0.5) is 22.0 Å². The van der Waals surface area contributed by atoms with E-state index in [2.05, 4.69) is 15.1 Å². The zero-order valence-electron chi connectivity index (χ0n) is 15.9. The van der Waals surface area contributed by atoms with Crippen LogP contribution in [-0.2, 0) is 5.92 Å². The van der Waals surface area contributed by atoms with Crippen LogP contribution in [0.25, 0.3) is 11.3 Å². The van der Waals surface area contributed by atoms with Crippen molar-refractivity contribution in [2.75, 3.05) is 6.54 Å². The molecule has 4 N–H and O–H groups in total. The maximum Gasteiger partial charge on any atom is 0.299 e. The highest BCUT2D eigenvalue weighted by Crippen LogP contribution is 2.42. The topological polar surface area (TPSA) is 93.4 Å². The van der Waals surface area contributed by atoms with E-state index in [9.17, 15) is 13.2 Å². The highest BCUT2D eigenvalue weighted by atomic mass is 19.3. The number of hydrazine groups is 1. The van der Waals surface area contributed by atoms with E-state index in [1.165, 1.54) is 24.3 Å². The summed E-state index contributed by atoms with van der Waals surface area (Å²) in [5.41, 5.74) is 4.57. The van der Waals surface area contributed by atoms with E-state index in [4.69, 9.17) is 11.6 Å². The van der Waals surface area contributed by atoms with Crippen LogP contribution in [0.1, 0.15) is 17.2 Å². The zero-order valence-corrected chi connectivity index (χ0v) is 15.9. The second-order valence-corrected chi connectivity index (χ2v) is 6.52. The fourth-order valence-electron chi connectivity index (χ4n) is 2.96. The Morgan fingerprint density at radius 3 is 2.26 bits per heavy atom. The maximum absolute atomic E-state index is 15.4. The van der Waals surface area contributed by atoms with Crippen LogP contribution in [0.2, 0.25) is 0 Å². The molecule has 2 aromatic carbocycles. The molecule has 0 amide bonds. The number of aromatic nitrogens is 2. The van der Waals surface area contributed by atoms with Gasteiger partial charge in [-0.3, -0.25) is 9.97 Å². The van der Waals surface area contributed by atoms with Gasteiger partial charge in [0.1, 0.15) is 29.5 Å². The fraction of sp³-hybridized carbons (Fsp3) is 0.150. The first kappa shape index (κ1) is 22.1. The Kier molecular flexibility index (Phi) is 6.44. The van der Waals surface area contributed by atoms with Gasteiger partial charge in [-0.1, -0.05) is 6.07 Å². The van der Waals surface area contributed by atoms with Crippen LogP contribution in [0.5, 0.6) is 0 Å². The largest absolute Gasteiger partial charge is 0.388 e. The second-order valence-electron chi connectivity index (χ2n) is 6.52. The molecule has 1 heterocycles. The number of alkyl halides is 2. The second kappa shape index (κ2) is 9.04. The van der Waals surface area contributed by atoms with Crippen molar-refractivity contribution in [3.8, 4) is 11.3 Å². The van der Waals surface area contributed by atoms with Gasteiger partial charge in [0.25, 0.3) is 5.92 Å². The first-order valence-corrected chi connectivity index (χ1v) is 8.90. The lowest BCUT2D eigenvalue weighted by Crippen LogP contribution is -2.38. The summed E-state index contributed by atoms with van der Waals surface area (Å²) in [4.78, 5) is 7.73. The number of halogens is 5. The monoisotopic (exact) mass is 436 g/mol. The number of hydrogen-bond acceptors (Lipinski definition) is 5. The molecule has 0 saturated carbocycles. The predicted molar refractivity (Wildman–Crippen MR) is 104 cm³/mol. The van der Waals surface area contributed by atoms with E-state index in [1.54, 1.807) is 0 Å². The van der Waals surface area contributed by atoms with Gasteiger partial charge in [-0.05, 0) is 35.9 Å². The highest BCUT2D eigenvalue weighted by Gasteiger charge is 2.46. The standard InChI is InChI=1S/C20H17F5N6/c21-13-3-1-12(2-4-13)18-8-29-19(9-28-18)20(24,25)16(10-31(27)30-11-26)15-6-5-14(22)7-17(15)23/h1-9,11,16H,10,27H2,(H2,26,30). The molecule has 0 radical (unpaired) electrons. The Morgan fingerprint density at radius 1 is 1.00 bits per heavy atom. The minimum atomic E-state index is -3.77. The van der Waals surface area contributed by atoms with Crippen molar-refractivity contribution in [2.45, 2.75) is 11.8 Å². The summed E-state index contributed by atoms with van der Waals surface area (Å²) in [5, 5.41) is 4.09. The molecule has 3 rings (SSSR count). The number of benzene rings is 2. The van der Waals surface area contributed by atoms with E-state index in [0.29, 0.717) is 16.7 Å². The summed E-state index contributed by atoms with van der Waals surface area (Å²) in [6, 6.07) is 7.49. The first-order valence-electron chi connectivity index (χ1n) is 8.90. The van der Waals surface area contributed by atoms with Crippen molar-refractivity contribution < 1.29 is 22.0 Å². The quantitative estimate of drug-likeness (QED) is 0.194. The SMILES string of the molecule is N/C=N\N(N)CC(c1ccc(F)cc1F)C(F)(F)c1cnc(-c2ccc(F)cc2)cn1. The predicted octanol–water partition coefficient (Wildman–Crippen LogP) is 3.51. The summed E-state index contributed by atoms with van der Waals surface area (Å²) in [7, 11) is 0. The number of hydrazone groups is 1. The summed E-state index contributed by atoms with van der Waals surface area (Å²) >= 11 is 0. The van der Waals surface area contributed by atoms with Gasteiger partial charge < -0.3 is 5.73 Å². The van der Waals surface area contributed by atoms with Crippen LogP contribution in [0, 0.1) is 17.5 Å². The van der Waals surface area contributed by atoms with Gasteiger partial charge in [-0.2, -0.15) is 13.9 Å². The lowest BCUT2D eigenvalue weighted by atomic mass is 9.90. The van der Waals surface area contributed by atoms with Crippen molar-refractivity contribution in [1.29, 1.82) is 0 Å². The molecular formula is C20H17F5N6. The summed E-state index contributed by atoms with van der Waals surface area (Å²) in [6.45, 7) is -0.662. The fourth-order valence-corrected chi connectivity index (χ4v) is 2.96. The summed E-state index contributed by atoms with van der Waals surface area (Å²) < 4.78 is 71.5. The molecule has 6 nitrogen and oxygen atoms in total. The lowest BCUT2D eigenvalue weighted by molar-refractivity contribution is -0.0491. The minimum Gasteiger partial charge on any atom is -0.388 e. The van der Waals surface area contributed by atoms with Gasteiger partial charge in [0.05, 0.1) is 30.6 Å². The third kappa shape index (κ3) is 4.94. The summed E-state index contributed by atoms with van der Waals surface area (Å²) in [5.74, 6) is -2.67. The van der Waals surface area contributed by atoms with Crippen LogP contribution in [0.15, 0.2) is 60.0 Å². The molecule has 0 spiro atoms. The van der Waals surface area contributed by atoms with Crippen LogP contribution in [-0.4, -0.2) is 28.0 Å². The molecular weight excluding hydrogens is 419 g/mol. The number of nitrogens with zero attached hydrogens (tertiary/aromatic N) is 4. The van der Waals surface area contributed by atoms with Crippen LogP contribution >= 0.6 is 0 Å². The van der Waals surface area contributed by atoms with Gasteiger partial charge in [0.15, 0.2) is 0 Å². The zero-order chi connectivity index (χ0) is 22.6. The van der Waals surface area contributed by atoms with E-state index in [0.717, 1.165) is 30.9 Å². The molecule has 11 heteroatoms. The smallest absolute Gasteiger partial charge is 0.299 e. The Bertz CT molecular complexity index is 1060. The van der Waals surface area contributed by atoms with Crippen molar-refractivity contribution in [3.63, 3.8) is 0 Å². The Balaban J connectivity index is 1.99. The molecule has 162 valence electrons. The van der Waals surface area contributed by atoms with E-state index >= 15 is 8.78 Å². The third-order valence-electron chi connectivity index (χ3n) is 4.49. The Morgan fingerprint density at radius 2 is 1.68 bits per heavy atom. The normalized spacial score (nSPS) is 12.8. The molecule has 0 aliphatic heterocycles. The average molecular weight is 436 g/mol. The van der Waals surface area contributed by atoms with E-state index < -0.39 is 47.1 Å². The molecule has 31 heavy (non-hydrogen) atoms.